The van der Waals surface area contributed by atoms with E-state index in [1.165, 1.54) is 0 Å². The summed E-state index contributed by atoms with van der Waals surface area (Å²) in [6.45, 7) is 7.44. The van der Waals surface area contributed by atoms with Crippen molar-refractivity contribution in [1.29, 1.82) is 0 Å². The van der Waals surface area contributed by atoms with Crippen LogP contribution in [0.5, 0.6) is 0 Å². The average molecular weight is 297 g/mol. The fourth-order valence-electron chi connectivity index (χ4n) is 2.68. The number of anilines is 1. The van der Waals surface area contributed by atoms with Crippen LogP contribution in [0.3, 0.4) is 0 Å². The number of nitrogens with zero attached hydrogens (tertiary/aromatic N) is 2. The molecule has 0 aliphatic carbocycles. The lowest BCUT2D eigenvalue weighted by atomic mass is 9.87. The number of aryl methyl sites for hydroxylation is 1. The number of hydrogen-bond donors (Lipinski definition) is 0. The Balaban J connectivity index is 2.48. The lowest BCUT2D eigenvalue weighted by Gasteiger charge is -2.19. The summed E-state index contributed by atoms with van der Waals surface area (Å²) in [7, 11) is 0. The third-order valence-electron chi connectivity index (χ3n) is 3.85. The highest BCUT2D eigenvalue weighted by molar-refractivity contribution is 6.29. The largest absolute Gasteiger partial charge is 0.313 e. The molecule has 1 amide bonds. The number of carbonyl (C=O) groups is 1. The van der Waals surface area contributed by atoms with E-state index >= 15 is 0 Å². The summed E-state index contributed by atoms with van der Waals surface area (Å²) < 4.78 is 1.69. The first-order chi connectivity index (χ1) is 9.40. The van der Waals surface area contributed by atoms with Crippen molar-refractivity contribution in [3.05, 3.63) is 28.2 Å². The molecule has 0 spiro atoms. The Labute approximate surface area is 124 Å². The van der Waals surface area contributed by atoms with Crippen LogP contribution in [-0.4, -0.2) is 22.9 Å². The van der Waals surface area contributed by atoms with E-state index in [-0.39, 0.29) is 22.8 Å². The molecule has 20 heavy (non-hydrogen) atoms. The molecule has 2 heterocycles. The summed E-state index contributed by atoms with van der Waals surface area (Å²) >= 11 is 5.69. The second-order valence-electron chi connectivity index (χ2n) is 5.95. The maximum atomic E-state index is 12.2. The maximum Gasteiger partial charge on any atom is 0.250 e. The highest BCUT2D eigenvalue weighted by Crippen LogP contribution is 2.39. The Hall–Kier alpha value is -1.29. The van der Waals surface area contributed by atoms with Gasteiger partial charge in [0, 0.05) is 30.8 Å². The van der Waals surface area contributed by atoms with Gasteiger partial charge in [-0.25, -0.2) is 0 Å². The summed E-state index contributed by atoms with van der Waals surface area (Å²) in [6.07, 6.45) is 3.79. The summed E-state index contributed by atoms with van der Waals surface area (Å²) in [6, 6.07) is 1.67. The van der Waals surface area contributed by atoms with Crippen molar-refractivity contribution < 1.29 is 4.79 Å². The van der Waals surface area contributed by atoms with Crippen molar-refractivity contribution in [2.75, 3.05) is 17.3 Å². The van der Waals surface area contributed by atoms with Gasteiger partial charge in [0.25, 0.3) is 5.56 Å². The zero-order valence-corrected chi connectivity index (χ0v) is 13.0. The maximum absolute atomic E-state index is 12.2. The highest BCUT2D eigenvalue weighted by atomic mass is 35.5. The van der Waals surface area contributed by atoms with Crippen molar-refractivity contribution in [2.24, 2.45) is 0 Å². The zero-order chi connectivity index (χ0) is 14.9. The lowest BCUT2D eigenvalue weighted by Crippen LogP contribution is -2.34. The predicted molar refractivity (Wildman–Crippen MR) is 81.7 cm³/mol. The Morgan fingerprint density at radius 1 is 1.45 bits per heavy atom. The van der Waals surface area contributed by atoms with E-state index in [0.29, 0.717) is 13.1 Å². The fraction of sp³-hybridized carbons (Fsp3) is 0.600. The Morgan fingerprint density at radius 3 is 2.75 bits per heavy atom. The molecule has 0 bridgehead atoms. The second kappa shape index (κ2) is 5.60. The minimum atomic E-state index is -0.208. The van der Waals surface area contributed by atoms with Gasteiger partial charge in [-0.1, -0.05) is 27.2 Å². The van der Waals surface area contributed by atoms with E-state index < -0.39 is 0 Å². The molecule has 0 atom stereocenters. The fourth-order valence-corrected chi connectivity index (χ4v) is 2.83. The van der Waals surface area contributed by atoms with Gasteiger partial charge in [0.05, 0.1) is 5.69 Å². The summed E-state index contributed by atoms with van der Waals surface area (Å²) in [4.78, 5) is 25.8. The number of amides is 1. The van der Waals surface area contributed by atoms with Crippen molar-refractivity contribution in [3.63, 3.8) is 0 Å². The van der Waals surface area contributed by atoms with Crippen molar-refractivity contribution in [1.82, 2.24) is 4.57 Å². The minimum Gasteiger partial charge on any atom is -0.313 e. The topological polar surface area (TPSA) is 42.3 Å². The lowest BCUT2D eigenvalue weighted by molar-refractivity contribution is -0.116. The van der Waals surface area contributed by atoms with Crippen LogP contribution >= 0.6 is 11.6 Å². The van der Waals surface area contributed by atoms with E-state index in [9.17, 15) is 9.59 Å². The Morgan fingerprint density at radius 2 is 2.15 bits per heavy atom. The number of hydrogen-bond acceptors (Lipinski definition) is 2. The molecule has 0 saturated carbocycles. The molecule has 5 heteroatoms. The van der Waals surface area contributed by atoms with Gasteiger partial charge in [0.1, 0.15) is 5.88 Å². The van der Waals surface area contributed by atoms with Gasteiger partial charge in [-0.05, 0) is 12.0 Å². The van der Waals surface area contributed by atoms with Crippen molar-refractivity contribution in [3.8, 4) is 0 Å². The number of rotatable bonds is 4. The smallest absolute Gasteiger partial charge is 0.250 e. The van der Waals surface area contributed by atoms with Crippen molar-refractivity contribution >= 4 is 23.2 Å². The molecule has 1 aliphatic heterocycles. The van der Waals surface area contributed by atoms with Crippen LogP contribution in [0.25, 0.3) is 0 Å². The number of halogens is 1. The second-order valence-corrected chi connectivity index (χ2v) is 6.22. The van der Waals surface area contributed by atoms with Gasteiger partial charge >= 0.3 is 0 Å². The standard InChI is InChI=1S/C15H21ClN2O2/c1-4-5-6-17-9-12-11(7-13(17)19)15(2,3)10-18(12)14(20)8-16/h7,9H,4-6,8,10H2,1-3H3. The number of carbonyl (C=O) groups excluding carboxylic acids is 1. The number of alkyl halides is 1. The van der Waals surface area contributed by atoms with Crippen LogP contribution in [-0.2, 0) is 16.8 Å². The van der Waals surface area contributed by atoms with Gasteiger partial charge in [-0.3, -0.25) is 9.59 Å². The highest BCUT2D eigenvalue weighted by Gasteiger charge is 2.38. The number of pyridine rings is 1. The molecule has 4 nitrogen and oxygen atoms in total. The first kappa shape index (κ1) is 15.1. The average Bonchev–Trinajstić information content (AvgIpc) is 2.67. The van der Waals surface area contributed by atoms with Crippen LogP contribution in [0, 0.1) is 0 Å². The van der Waals surface area contributed by atoms with Crippen LogP contribution in [0.2, 0.25) is 0 Å². The monoisotopic (exact) mass is 296 g/mol. The van der Waals surface area contributed by atoms with E-state index in [1.807, 2.05) is 20.0 Å². The first-order valence-electron chi connectivity index (χ1n) is 7.02. The molecule has 0 fully saturated rings. The number of aromatic nitrogens is 1. The summed E-state index contributed by atoms with van der Waals surface area (Å²) in [5.74, 6) is -0.150. The third kappa shape index (κ3) is 2.62. The van der Waals surface area contributed by atoms with Crippen LogP contribution in [0.15, 0.2) is 17.1 Å². The third-order valence-corrected chi connectivity index (χ3v) is 4.07. The molecule has 0 N–H and O–H groups in total. The van der Waals surface area contributed by atoms with Crippen LogP contribution in [0.1, 0.15) is 39.2 Å². The summed E-state index contributed by atoms with van der Waals surface area (Å²) in [5, 5.41) is 0. The SMILES string of the molecule is CCCCn1cc2c(cc1=O)C(C)(C)CN2C(=O)CCl. The quantitative estimate of drug-likeness (QED) is 0.801. The summed E-state index contributed by atoms with van der Waals surface area (Å²) in [5.41, 5.74) is 1.57. The minimum absolute atomic E-state index is 0.00504. The van der Waals surface area contributed by atoms with Crippen LogP contribution in [0.4, 0.5) is 5.69 Å². The molecule has 1 aromatic heterocycles. The van der Waals surface area contributed by atoms with E-state index in [2.05, 4.69) is 6.92 Å². The van der Waals surface area contributed by atoms with Gasteiger partial charge in [0.15, 0.2) is 0 Å². The molecule has 0 radical (unpaired) electrons. The molecule has 1 aliphatic rings. The number of unbranched alkanes of at least 4 members (excludes halogenated alkanes) is 1. The molecule has 0 unspecified atom stereocenters. The molecule has 0 aromatic carbocycles. The van der Waals surface area contributed by atoms with Crippen molar-refractivity contribution in [2.45, 2.75) is 45.6 Å². The van der Waals surface area contributed by atoms with E-state index in [4.69, 9.17) is 11.6 Å². The molecule has 2 rings (SSSR count). The Kier molecular flexibility index (Phi) is 4.23. The van der Waals surface area contributed by atoms with Gasteiger partial charge in [0.2, 0.25) is 5.91 Å². The molecule has 0 saturated heterocycles. The normalized spacial score (nSPS) is 16.3. The van der Waals surface area contributed by atoms with E-state index in [0.717, 1.165) is 24.1 Å². The zero-order valence-electron chi connectivity index (χ0n) is 12.3. The van der Waals surface area contributed by atoms with Gasteiger partial charge < -0.3 is 9.47 Å². The van der Waals surface area contributed by atoms with Gasteiger partial charge in [-0.2, -0.15) is 0 Å². The Bertz CT molecular complexity index is 578. The number of fused-ring (bicyclic) bond motifs is 1. The van der Waals surface area contributed by atoms with E-state index in [1.54, 1.807) is 15.5 Å². The van der Waals surface area contributed by atoms with Crippen LogP contribution < -0.4 is 10.5 Å². The predicted octanol–water partition coefficient (Wildman–Crippen LogP) is 2.51. The van der Waals surface area contributed by atoms with Gasteiger partial charge in [-0.15, -0.1) is 11.6 Å². The first-order valence-corrected chi connectivity index (χ1v) is 7.55. The molecule has 110 valence electrons. The molecular weight excluding hydrogens is 276 g/mol. The molecule has 1 aromatic rings. The molecular formula is C15H21ClN2O2.